The minimum absolute atomic E-state index is 0.0534. The van der Waals surface area contributed by atoms with E-state index in [1.54, 1.807) is 11.6 Å². The Bertz CT molecular complexity index is 738. The third-order valence-electron chi connectivity index (χ3n) is 3.47. The maximum Gasteiger partial charge on any atom is 0.332 e. The topological polar surface area (TPSA) is 99.9 Å². The summed E-state index contributed by atoms with van der Waals surface area (Å²) in [6, 6.07) is -0.0534. The normalized spacial score (nSPS) is 12.9. The molecule has 2 aromatic heterocycles. The Balaban J connectivity index is 3.04. The number of hydrazine groups is 1. The molecule has 1 atom stereocenters. The van der Waals surface area contributed by atoms with Crippen LogP contribution >= 0.6 is 0 Å². The molecule has 0 spiro atoms. The molecule has 0 radical (unpaired) electrons. The van der Waals surface area contributed by atoms with Gasteiger partial charge in [0.25, 0.3) is 5.56 Å². The summed E-state index contributed by atoms with van der Waals surface area (Å²) in [5.74, 6) is 5.71. The summed E-state index contributed by atoms with van der Waals surface area (Å²) in [5.41, 5.74) is 2.39. The first-order valence-corrected chi connectivity index (χ1v) is 6.08. The minimum atomic E-state index is -0.379. The van der Waals surface area contributed by atoms with Crippen LogP contribution in [0.3, 0.4) is 0 Å². The molecule has 2 rings (SSSR count). The molecule has 104 valence electrons. The zero-order valence-corrected chi connectivity index (χ0v) is 11.5. The molecule has 0 saturated carbocycles. The number of fused-ring (bicyclic) bond motifs is 1. The molecule has 0 aliphatic rings. The number of nitrogens with zero attached hydrogens (tertiary/aromatic N) is 4. The van der Waals surface area contributed by atoms with Crippen molar-refractivity contribution in [2.45, 2.75) is 26.3 Å². The van der Waals surface area contributed by atoms with Crippen LogP contribution in [0, 0.1) is 0 Å². The van der Waals surface area contributed by atoms with Gasteiger partial charge in [-0.1, -0.05) is 6.92 Å². The maximum absolute atomic E-state index is 12.2. The van der Waals surface area contributed by atoms with Crippen LogP contribution in [0.5, 0.6) is 0 Å². The first-order chi connectivity index (χ1) is 8.93. The summed E-state index contributed by atoms with van der Waals surface area (Å²) in [7, 11) is 3.14. The van der Waals surface area contributed by atoms with Crippen LogP contribution in [0.15, 0.2) is 9.59 Å². The lowest BCUT2D eigenvalue weighted by molar-refractivity contribution is 0.499. The first kappa shape index (κ1) is 13.3. The van der Waals surface area contributed by atoms with Crippen LogP contribution in [0.25, 0.3) is 11.2 Å². The molecule has 1 unspecified atom stereocenters. The van der Waals surface area contributed by atoms with Crippen LogP contribution in [0.4, 0.5) is 5.95 Å². The SMILES string of the molecule is CCC(C)n1c(=O)n(C)c(=O)c2c1nc(NN)n2C. The highest BCUT2D eigenvalue weighted by Crippen LogP contribution is 2.17. The lowest BCUT2D eigenvalue weighted by Crippen LogP contribution is -2.39. The van der Waals surface area contributed by atoms with E-state index in [9.17, 15) is 9.59 Å². The zero-order valence-electron chi connectivity index (χ0n) is 11.5. The van der Waals surface area contributed by atoms with E-state index in [1.165, 1.54) is 11.6 Å². The first-order valence-electron chi connectivity index (χ1n) is 6.08. The molecule has 0 bridgehead atoms. The van der Waals surface area contributed by atoms with Crippen molar-refractivity contribution >= 4 is 17.1 Å². The van der Waals surface area contributed by atoms with Gasteiger partial charge in [0.15, 0.2) is 11.2 Å². The van der Waals surface area contributed by atoms with E-state index in [1.807, 2.05) is 13.8 Å². The number of rotatable bonds is 3. The van der Waals surface area contributed by atoms with E-state index < -0.39 is 0 Å². The summed E-state index contributed by atoms with van der Waals surface area (Å²) in [6.07, 6.45) is 0.759. The third kappa shape index (κ3) is 1.75. The van der Waals surface area contributed by atoms with Gasteiger partial charge in [0.05, 0.1) is 0 Å². The number of aromatic nitrogens is 4. The molecule has 0 fully saturated rings. The molecular formula is C11H18N6O2. The molecular weight excluding hydrogens is 248 g/mol. The highest BCUT2D eigenvalue weighted by atomic mass is 16.2. The van der Waals surface area contributed by atoms with Gasteiger partial charge in [0, 0.05) is 20.1 Å². The van der Waals surface area contributed by atoms with Gasteiger partial charge in [-0.15, -0.1) is 0 Å². The fraction of sp³-hybridized carbons (Fsp3) is 0.545. The molecule has 19 heavy (non-hydrogen) atoms. The fourth-order valence-corrected chi connectivity index (χ4v) is 2.10. The molecule has 0 aliphatic heterocycles. The molecule has 0 saturated heterocycles. The predicted octanol–water partition coefficient (Wildman–Crippen LogP) is -0.310. The fourth-order valence-electron chi connectivity index (χ4n) is 2.10. The van der Waals surface area contributed by atoms with E-state index in [-0.39, 0.29) is 17.3 Å². The van der Waals surface area contributed by atoms with E-state index >= 15 is 0 Å². The maximum atomic E-state index is 12.2. The van der Waals surface area contributed by atoms with Gasteiger partial charge in [0.1, 0.15) is 0 Å². The molecule has 0 amide bonds. The highest BCUT2D eigenvalue weighted by molar-refractivity contribution is 5.74. The van der Waals surface area contributed by atoms with Crippen molar-refractivity contribution in [3.63, 3.8) is 0 Å². The van der Waals surface area contributed by atoms with Crippen molar-refractivity contribution in [3.05, 3.63) is 20.8 Å². The number of nitrogen functional groups attached to an aromatic ring is 1. The largest absolute Gasteiger partial charge is 0.332 e. The molecule has 2 heterocycles. The van der Waals surface area contributed by atoms with Crippen molar-refractivity contribution in [3.8, 4) is 0 Å². The van der Waals surface area contributed by atoms with Gasteiger partial charge in [0.2, 0.25) is 5.95 Å². The number of aryl methyl sites for hydroxylation is 1. The average Bonchev–Trinajstić information content (AvgIpc) is 2.73. The summed E-state index contributed by atoms with van der Waals surface area (Å²) < 4.78 is 4.17. The van der Waals surface area contributed by atoms with Crippen molar-refractivity contribution in [2.24, 2.45) is 19.9 Å². The van der Waals surface area contributed by atoms with Crippen molar-refractivity contribution in [1.29, 1.82) is 0 Å². The molecule has 8 heteroatoms. The van der Waals surface area contributed by atoms with Crippen LogP contribution in [-0.4, -0.2) is 18.7 Å². The summed E-state index contributed by atoms with van der Waals surface area (Å²) >= 11 is 0. The standard InChI is InChI=1S/C11H18N6O2/c1-5-6(2)17-8-7(9(18)16(4)11(17)19)15(3)10(13-8)14-12/h6H,5,12H2,1-4H3,(H,13,14). The van der Waals surface area contributed by atoms with Crippen molar-refractivity contribution in [1.82, 2.24) is 18.7 Å². The van der Waals surface area contributed by atoms with Gasteiger partial charge in [-0.2, -0.15) is 4.98 Å². The van der Waals surface area contributed by atoms with Gasteiger partial charge in [-0.05, 0) is 13.3 Å². The van der Waals surface area contributed by atoms with E-state index in [0.717, 1.165) is 11.0 Å². The number of nitrogens with two attached hydrogens (primary N) is 1. The second-order valence-electron chi connectivity index (χ2n) is 4.58. The molecule has 2 aromatic rings. The lowest BCUT2D eigenvalue weighted by Gasteiger charge is -2.14. The van der Waals surface area contributed by atoms with E-state index in [2.05, 4.69) is 10.4 Å². The van der Waals surface area contributed by atoms with Crippen molar-refractivity contribution < 1.29 is 0 Å². The average molecular weight is 266 g/mol. The summed E-state index contributed by atoms with van der Waals surface area (Å²) in [5, 5.41) is 0. The second-order valence-corrected chi connectivity index (χ2v) is 4.58. The van der Waals surface area contributed by atoms with Gasteiger partial charge < -0.3 is 4.57 Å². The van der Waals surface area contributed by atoms with Gasteiger partial charge >= 0.3 is 5.69 Å². The monoisotopic (exact) mass is 266 g/mol. The second kappa shape index (κ2) is 4.54. The summed E-state index contributed by atoms with van der Waals surface area (Å²) in [6.45, 7) is 3.88. The van der Waals surface area contributed by atoms with Crippen LogP contribution in [-0.2, 0) is 14.1 Å². The zero-order chi connectivity index (χ0) is 14.3. The molecule has 0 aromatic carbocycles. The predicted molar refractivity (Wildman–Crippen MR) is 73.0 cm³/mol. The number of imidazole rings is 1. The van der Waals surface area contributed by atoms with E-state index in [4.69, 9.17) is 5.84 Å². The highest BCUT2D eigenvalue weighted by Gasteiger charge is 2.20. The number of hydrogen-bond acceptors (Lipinski definition) is 5. The Kier molecular flexibility index (Phi) is 3.19. The number of hydrogen-bond donors (Lipinski definition) is 2. The quantitative estimate of drug-likeness (QED) is 0.586. The van der Waals surface area contributed by atoms with Crippen LogP contribution in [0.2, 0.25) is 0 Å². The van der Waals surface area contributed by atoms with Crippen LogP contribution < -0.4 is 22.5 Å². The third-order valence-corrected chi connectivity index (χ3v) is 3.47. The van der Waals surface area contributed by atoms with E-state index in [0.29, 0.717) is 17.1 Å². The summed E-state index contributed by atoms with van der Waals surface area (Å²) in [4.78, 5) is 28.7. The Hall–Kier alpha value is -2.09. The van der Waals surface area contributed by atoms with Gasteiger partial charge in [-0.3, -0.25) is 19.4 Å². The molecule has 0 aliphatic carbocycles. The van der Waals surface area contributed by atoms with Crippen molar-refractivity contribution in [2.75, 3.05) is 5.43 Å². The number of nitrogens with one attached hydrogen (secondary N) is 1. The Morgan fingerprint density at radius 3 is 2.47 bits per heavy atom. The Labute approximate surface area is 109 Å². The molecule has 3 N–H and O–H groups in total. The van der Waals surface area contributed by atoms with Crippen LogP contribution in [0.1, 0.15) is 26.3 Å². The molecule has 8 nitrogen and oxygen atoms in total. The Morgan fingerprint density at radius 2 is 1.95 bits per heavy atom. The Morgan fingerprint density at radius 1 is 1.32 bits per heavy atom. The lowest BCUT2D eigenvalue weighted by atomic mass is 10.2. The smallest absolute Gasteiger partial charge is 0.306 e. The van der Waals surface area contributed by atoms with Gasteiger partial charge in [-0.25, -0.2) is 10.6 Å². The minimum Gasteiger partial charge on any atom is -0.306 e. The number of anilines is 1.